The number of hydrogen-bond donors (Lipinski definition) is 1. The zero-order chi connectivity index (χ0) is 21.7. The number of nitrogens with zero attached hydrogens (tertiary/aromatic N) is 2. The van der Waals surface area contributed by atoms with Gasteiger partial charge in [0.2, 0.25) is 0 Å². The monoisotopic (exact) mass is 405 g/mol. The lowest BCUT2D eigenvalue weighted by Gasteiger charge is -2.11. The van der Waals surface area contributed by atoms with E-state index in [4.69, 9.17) is 4.74 Å². The van der Waals surface area contributed by atoms with Gasteiger partial charge in [0.25, 0.3) is 11.7 Å². The average molecular weight is 405 g/mol. The molecule has 0 aliphatic heterocycles. The number of carbonyl (C=O) groups excluding carboxylic acids is 3. The Labute approximate surface area is 174 Å². The molecule has 1 amide bonds. The van der Waals surface area contributed by atoms with Crippen molar-refractivity contribution >= 4 is 23.3 Å². The van der Waals surface area contributed by atoms with E-state index in [0.717, 1.165) is 11.1 Å². The molecule has 0 saturated heterocycles. The van der Waals surface area contributed by atoms with Crippen LogP contribution in [0.2, 0.25) is 0 Å². The second-order valence-electron chi connectivity index (χ2n) is 6.94. The second kappa shape index (κ2) is 9.17. The number of anilines is 1. The Morgan fingerprint density at radius 1 is 1.00 bits per heavy atom. The molecule has 0 aliphatic carbocycles. The fraction of sp³-hybridized carbons (Fsp3) is 0.217. The molecular weight excluding hydrogens is 382 g/mol. The van der Waals surface area contributed by atoms with Crippen LogP contribution in [-0.2, 0) is 27.8 Å². The molecule has 0 saturated carbocycles. The lowest BCUT2D eigenvalue weighted by molar-refractivity contribution is -0.142. The zero-order valence-electron chi connectivity index (χ0n) is 17.1. The number of nitrogens with one attached hydrogen (secondary N) is 1. The molecule has 154 valence electrons. The normalized spacial score (nSPS) is 10.5. The Morgan fingerprint density at radius 2 is 1.67 bits per heavy atom. The predicted molar refractivity (Wildman–Crippen MR) is 112 cm³/mol. The molecule has 0 aliphatic rings. The number of aromatic nitrogens is 2. The Morgan fingerprint density at radius 3 is 2.33 bits per heavy atom. The topological polar surface area (TPSA) is 90.3 Å². The van der Waals surface area contributed by atoms with Gasteiger partial charge in [-0.2, -0.15) is 5.10 Å². The molecule has 0 unspecified atom stereocenters. The smallest absolute Gasteiger partial charge is 0.380 e. The van der Waals surface area contributed by atoms with E-state index in [9.17, 15) is 14.4 Å². The van der Waals surface area contributed by atoms with Crippen LogP contribution >= 0.6 is 0 Å². The minimum Gasteiger partial charge on any atom is -0.450 e. The van der Waals surface area contributed by atoms with E-state index in [1.165, 1.54) is 4.68 Å². The second-order valence-corrected chi connectivity index (χ2v) is 6.94. The summed E-state index contributed by atoms with van der Waals surface area (Å²) in [5.74, 6) is -2.41. The van der Waals surface area contributed by atoms with Crippen molar-refractivity contribution in [3.8, 4) is 0 Å². The van der Waals surface area contributed by atoms with Crippen molar-refractivity contribution in [2.24, 2.45) is 7.05 Å². The number of Topliss-reactive ketones (excluding diaryl/α,β-unsaturated/α-hetero) is 1. The van der Waals surface area contributed by atoms with Gasteiger partial charge in [0, 0.05) is 18.4 Å². The Balaban J connectivity index is 1.61. The maximum absolute atomic E-state index is 12.4. The number of ether oxygens (including phenoxy) is 1. The van der Waals surface area contributed by atoms with Gasteiger partial charge in [-0.1, -0.05) is 48.5 Å². The summed E-state index contributed by atoms with van der Waals surface area (Å²) in [5.41, 5.74) is 3.88. The predicted octanol–water partition coefficient (Wildman–Crippen LogP) is 2.99. The van der Waals surface area contributed by atoms with Crippen LogP contribution in [0.5, 0.6) is 0 Å². The summed E-state index contributed by atoms with van der Waals surface area (Å²) in [6.45, 7) is 2.78. The molecule has 1 N–H and O–H groups in total. The minimum atomic E-state index is -1.08. The van der Waals surface area contributed by atoms with Crippen molar-refractivity contribution in [2.75, 3.05) is 11.9 Å². The first-order valence-electron chi connectivity index (χ1n) is 9.50. The summed E-state index contributed by atoms with van der Waals surface area (Å²) in [5, 5.41) is 6.87. The molecule has 0 spiro atoms. The molecule has 3 aromatic rings. The summed E-state index contributed by atoms with van der Waals surface area (Å²) in [6, 6.07) is 17.3. The van der Waals surface area contributed by atoms with Gasteiger partial charge in [-0.15, -0.1) is 0 Å². The van der Waals surface area contributed by atoms with Crippen LogP contribution < -0.4 is 5.32 Å². The quantitative estimate of drug-likeness (QED) is 0.371. The number of para-hydroxylation sites is 1. The highest BCUT2D eigenvalue weighted by Gasteiger charge is 2.25. The van der Waals surface area contributed by atoms with Crippen molar-refractivity contribution in [3.63, 3.8) is 0 Å². The molecule has 0 bridgehead atoms. The number of carbonyl (C=O) groups is 3. The van der Waals surface area contributed by atoms with Crippen LogP contribution in [0.1, 0.15) is 32.9 Å². The third kappa shape index (κ3) is 4.81. The van der Waals surface area contributed by atoms with Crippen LogP contribution in [0.15, 0.2) is 54.6 Å². The van der Waals surface area contributed by atoms with Crippen LogP contribution in [0.25, 0.3) is 0 Å². The standard InChI is InChI=1S/C23H23N3O4/c1-15-21(16(2)26(3)25-15)22(28)23(29)30-14-20(27)24-19-12-8-7-11-18(19)13-17-9-5-4-6-10-17/h4-12H,13-14H2,1-3H3,(H,24,27). The Kier molecular flexibility index (Phi) is 6.41. The van der Waals surface area contributed by atoms with Crippen molar-refractivity contribution in [1.82, 2.24) is 9.78 Å². The van der Waals surface area contributed by atoms with Gasteiger partial charge in [0.1, 0.15) is 0 Å². The number of amides is 1. The maximum atomic E-state index is 12.4. The van der Waals surface area contributed by atoms with Crippen molar-refractivity contribution < 1.29 is 19.1 Å². The van der Waals surface area contributed by atoms with Gasteiger partial charge in [-0.25, -0.2) is 4.79 Å². The first-order valence-corrected chi connectivity index (χ1v) is 9.50. The molecule has 1 aromatic heterocycles. The molecule has 0 radical (unpaired) electrons. The largest absolute Gasteiger partial charge is 0.450 e. The van der Waals surface area contributed by atoms with Gasteiger partial charge in [0.15, 0.2) is 6.61 Å². The van der Waals surface area contributed by atoms with Gasteiger partial charge in [-0.05, 0) is 37.5 Å². The molecule has 0 atom stereocenters. The van der Waals surface area contributed by atoms with Gasteiger partial charge < -0.3 is 10.1 Å². The van der Waals surface area contributed by atoms with E-state index in [0.29, 0.717) is 23.5 Å². The average Bonchev–Trinajstić information content (AvgIpc) is 2.99. The van der Waals surface area contributed by atoms with Gasteiger partial charge in [0.05, 0.1) is 11.3 Å². The van der Waals surface area contributed by atoms with E-state index < -0.39 is 24.3 Å². The van der Waals surface area contributed by atoms with Crippen molar-refractivity contribution in [2.45, 2.75) is 20.3 Å². The first-order chi connectivity index (χ1) is 14.4. The number of hydrogen-bond acceptors (Lipinski definition) is 5. The third-order valence-corrected chi connectivity index (χ3v) is 4.78. The molecule has 7 nitrogen and oxygen atoms in total. The number of esters is 1. The third-order valence-electron chi connectivity index (χ3n) is 4.78. The lowest BCUT2D eigenvalue weighted by atomic mass is 10.0. The highest BCUT2D eigenvalue weighted by Crippen LogP contribution is 2.19. The summed E-state index contributed by atoms with van der Waals surface area (Å²) >= 11 is 0. The Bertz CT molecular complexity index is 1090. The van der Waals surface area contributed by atoms with E-state index in [1.54, 1.807) is 27.0 Å². The summed E-state index contributed by atoms with van der Waals surface area (Å²) < 4.78 is 6.45. The molecule has 0 fully saturated rings. The maximum Gasteiger partial charge on any atom is 0.380 e. The number of aryl methyl sites for hydroxylation is 2. The van der Waals surface area contributed by atoms with Crippen LogP contribution in [-0.4, -0.2) is 34.0 Å². The zero-order valence-corrected chi connectivity index (χ0v) is 17.1. The highest BCUT2D eigenvalue weighted by atomic mass is 16.5. The molecule has 3 rings (SSSR count). The minimum absolute atomic E-state index is 0.205. The number of ketones is 1. The number of benzene rings is 2. The molecule has 2 aromatic carbocycles. The summed E-state index contributed by atoms with van der Waals surface area (Å²) in [7, 11) is 1.69. The SMILES string of the molecule is Cc1nn(C)c(C)c1C(=O)C(=O)OCC(=O)Nc1ccccc1Cc1ccccc1. The van der Waals surface area contributed by atoms with Crippen LogP contribution in [0, 0.1) is 13.8 Å². The van der Waals surface area contributed by atoms with Crippen LogP contribution in [0.4, 0.5) is 5.69 Å². The van der Waals surface area contributed by atoms with Crippen molar-refractivity contribution in [3.05, 3.63) is 82.7 Å². The molecule has 7 heteroatoms. The summed E-state index contributed by atoms with van der Waals surface area (Å²) in [4.78, 5) is 36.8. The molecule has 30 heavy (non-hydrogen) atoms. The summed E-state index contributed by atoms with van der Waals surface area (Å²) in [6.07, 6.45) is 0.648. The van der Waals surface area contributed by atoms with Gasteiger partial charge in [-0.3, -0.25) is 14.3 Å². The van der Waals surface area contributed by atoms with Crippen molar-refractivity contribution in [1.29, 1.82) is 0 Å². The molecular formula is C23H23N3O4. The Hall–Kier alpha value is -3.74. The van der Waals surface area contributed by atoms with Gasteiger partial charge >= 0.3 is 5.97 Å². The molecule has 1 heterocycles. The van der Waals surface area contributed by atoms with E-state index in [-0.39, 0.29) is 5.56 Å². The lowest BCUT2D eigenvalue weighted by Crippen LogP contribution is -2.26. The highest BCUT2D eigenvalue weighted by molar-refractivity contribution is 6.41. The fourth-order valence-electron chi connectivity index (χ4n) is 3.20. The van der Waals surface area contributed by atoms with E-state index in [2.05, 4.69) is 10.4 Å². The number of rotatable bonds is 7. The fourth-order valence-corrected chi connectivity index (χ4v) is 3.20. The van der Waals surface area contributed by atoms with E-state index >= 15 is 0 Å². The van der Waals surface area contributed by atoms with Crippen LogP contribution in [0.3, 0.4) is 0 Å². The van der Waals surface area contributed by atoms with E-state index in [1.807, 2.05) is 48.5 Å². The first kappa shape index (κ1) is 21.0.